The summed E-state index contributed by atoms with van der Waals surface area (Å²) in [4.78, 5) is 0. The largest absolute Gasteiger partial charge is 0.393 e. The van der Waals surface area contributed by atoms with Crippen LogP contribution in [0.15, 0.2) is 23.3 Å². The zero-order valence-corrected chi connectivity index (χ0v) is 40.3. The van der Waals surface area contributed by atoms with Crippen molar-refractivity contribution in [2.45, 2.75) is 230 Å². The number of hydrogen-bond acceptors (Lipinski definition) is 2. The van der Waals surface area contributed by atoms with Crippen LogP contribution in [-0.2, 0) is 0 Å². The van der Waals surface area contributed by atoms with Gasteiger partial charge in [-0.3, -0.25) is 0 Å². The molecule has 2 nitrogen and oxygen atoms in total. The molecule has 2 heteroatoms. The van der Waals surface area contributed by atoms with E-state index >= 15 is 0 Å². The second-order valence-corrected chi connectivity index (χ2v) is 25.0. The van der Waals surface area contributed by atoms with Gasteiger partial charge in [-0.05, 0) is 208 Å². The first-order valence-corrected chi connectivity index (χ1v) is 26.2. The molecule has 0 aromatic rings. The van der Waals surface area contributed by atoms with Crippen LogP contribution in [0, 0.1) is 98.6 Å². The lowest BCUT2D eigenvalue weighted by Gasteiger charge is -2.58. The zero-order chi connectivity index (χ0) is 41.8. The summed E-state index contributed by atoms with van der Waals surface area (Å²) in [5.74, 6) is 11.8. The Morgan fingerprint density at radius 2 is 1.02 bits per heavy atom. The molecule has 0 aromatic heterocycles. The Hall–Kier alpha value is -0.600. The molecule has 0 aliphatic heterocycles. The normalized spacial score (nSPS) is 45.9. The third kappa shape index (κ3) is 8.32. The van der Waals surface area contributed by atoms with Crippen LogP contribution in [0.25, 0.3) is 0 Å². The van der Waals surface area contributed by atoms with Crippen LogP contribution < -0.4 is 0 Å². The SMILES string of the molecule is CC(C)CCC[C@@H](C)[C@H]1CC[C@H]2[C@@H]3CC=C4C[C@@H](O)CC[C@]4(C)[C@H]3CC[C@]12C.CC[C@H](CC[C@@H](C)[C@H]1CC[C@H]2[C@@H]3CC=C4C[C@@H](O)CC[C@]4(C)[C@H]3CC[C@]12C)C(C)C. The summed E-state index contributed by atoms with van der Waals surface area (Å²) in [7, 11) is 0. The van der Waals surface area contributed by atoms with E-state index < -0.39 is 0 Å². The smallest absolute Gasteiger partial charge is 0.0577 e. The maximum absolute atomic E-state index is 10.2. The standard InChI is InChI=1S/C29H50O.C27H46O/c1-7-21(19(2)3)9-8-20(4)25-12-13-26-24-11-10-22-18-23(30)14-16-28(22,5)27(24)15-17-29(25,26)6;1-18(2)7-6-8-19(3)23-11-12-24-22-10-9-20-17-21(28)13-15-26(20,4)25(22)14-16-27(23,24)5/h10,19-21,23-27,30H,7-9,11-18H2,1-6H3;9,18-19,21-25,28H,6-8,10-17H2,1-5H3/t20-,21-,23+,24+,25-,26+,27+,28+,29-;19-,21+,22+,23-,24+,25+,26+,27-/m11/s1. The van der Waals surface area contributed by atoms with E-state index in [1.165, 1.54) is 116 Å². The third-order valence-electron chi connectivity index (χ3n) is 21.6. The van der Waals surface area contributed by atoms with E-state index in [9.17, 15) is 10.2 Å². The van der Waals surface area contributed by atoms with Crippen molar-refractivity contribution in [3.8, 4) is 0 Å². The first-order valence-electron chi connectivity index (χ1n) is 26.2. The fraction of sp³-hybridized carbons (Fsp3) is 0.929. The van der Waals surface area contributed by atoms with Crippen LogP contribution in [0.1, 0.15) is 217 Å². The maximum Gasteiger partial charge on any atom is 0.0577 e. The maximum atomic E-state index is 10.2. The van der Waals surface area contributed by atoms with Gasteiger partial charge in [0.25, 0.3) is 0 Å². The monoisotopic (exact) mass is 801 g/mol. The molecule has 0 amide bonds. The first-order chi connectivity index (χ1) is 27.5. The van der Waals surface area contributed by atoms with E-state index in [2.05, 4.69) is 88.3 Å². The predicted molar refractivity (Wildman–Crippen MR) is 247 cm³/mol. The molecular weight excluding hydrogens is 705 g/mol. The van der Waals surface area contributed by atoms with Gasteiger partial charge in [0, 0.05) is 0 Å². The summed E-state index contributed by atoms with van der Waals surface area (Å²) in [6.45, 7) is 27.7. The fourth-order valence-electron chi connectivity index (χ4n) is 18.0. The zero-order valence-electron chi connectivity index (χ0n) is 40.3. The number of fused-ring (bicyclic) bond motifs is 10. The molecule has 0 bridgehead atoms. The molecule has 17 atom stereocenters. The van der Waals surface area contributed by atoms with E-state index in [1.54, 1.807) is 11.1 Å². The molecule has 0 aromatic carbocycles. The second kappa shape index (κ2) is 17.9. The van der Waals surface area contributed by atoms with Crippen LogP contribution in [0.5, 0.6) is 0 Å². The molecule has 0 heterocycles. The van der Waals surface area contributed by atoms with Crippen LogP contribution in [0.3, 0.4) is 0 Å². The lowest BCUT2D eigenvalue weighted by molar-refractivity contribution is -0.0575. The van der Waals surface area contributed by atoms with E-state index in [4.69, 9.17) is 0 Å². The molecule has 2 N–H and O–H groups in total. The fourth-order valence-corrected chi connectivity index (χ4v) is 18.0. The van der Waals surface area contributed by atoms with Gasteiger partial charge in [0.2, 0.25) is 0 Å². The molecule has 58 heavy (non-hydrogen) atoms. The molecule has 332 valence electrons. The summed E-state index contributed by atoms with van der Waals surface area (Å²) in [6, 6.07) is 0. The molecule has 8 aliphatic rings. The molecule has 8 aliphatic carbocycles. The van der Waals surface area contributed by atoms with Crippen molar-refractivity contribution in [1.29, 1.82) is 0 Å². The average Bonchev–Trinajstić information content (AvgIpc) is 3.72. The van der Waals surface area contributed by atoms with Gasteiger partial charge < -0.3 is 10.2 Å². The Morgan fingerprint density at radius 1 is 0.552 bits per heavy atom. The van der Waals surface area contributed by atoms with Gasteiger partial charge in [-0.2, -0.15) is 0 Å². The first kappa shape index (κ1) is 45.4. The van der Waals surface area contributed by atoms with Gasteiger partial charge >= 0.3 is 0 Å². The molecule has 0 saturated heterocycles. The Kier molecular flexibility index (Phi) is 14.0. The number of hydrogen-bond donors (Lipinski definition) is 2. The predicted octanol–water partition coefficient (Wildman–Crippen LogP) is 15.4. The number of rotatable bonds is 11. The van der Waals surface area contributed by atoms with E-state index in [0.717, 1.165) is 103 Å². The molecular formula is C56H96O2. The summed E-state index contributed by atoms with van der Waals surface area (Å²) >= 11 is 0. The van der Waals surface area contributed by atoms with E-state index in [1.807, 2.05) is 0 Å². The minimum atomic E-state index is -0.0794. The lowest BCUT2D eigenvalue weighted by Crippen LogP contribution is -2.50. The summed E-state index contributed by atoms with van der Waals surface area (Å²) in [6.07, 6.45) is 34.3. The average molecular weight is 801 g/mol. The van der Waals surface area contributed by atoms with E-state index in [-0.39, 0.29) is 12.2 Å². The summed E-state index contributed by atoms with van der Waals surface area (Å²) < 4.78 is 0. The minimum absolute atomic E-state index is 0.0766. The molecule has 6 saturated carbocycles. The Labute approximate surface area is 360 Å². The van der Waals surface area contributed by atoms with Crippen molar-refractivity contribution >= 4 is 0 Å². The number of aliphatic hydroxyl groups excluding tert-OH is 2. The van der Waals surface area contributed by atoms with Crippen molar-refractivity contribution in [3.05, 3.63) is 23.3 Å². The third-order valence-corrected chi connectivity index (χ3v) is 21.6. The molecule has 8 rings (SSSR count). The molecule has 0 radical (unpaired) electrons. The van der Waals surface area contributed by atoms with Gasteiger partial charge in [-0.1, -0.05) is 132 Å². The Bertz CT molecular complexity index is 1440. The van der Waals surface area contributed by atoms with E-state index in [0.29, 0.717) is 21.7 Å². The van der Waals surface area contributed by atoms with Crippen LogP contribution >= 0.6 is 0 Å². The quantitative estimate of drug-likeness (QED) is 0.204. The highest BCUT2D eigenvalue weighted by Crippen LogP contribution is 2.69. The van der Waals surface area contributed by atoms with Crippen molar-refractivity contribution in [1.82, 2.24) is 0 Å². The molecule has 6 fully saturated rings. The van der Waals surface area contributed by atoms with Crippen molar-refractivity contribution < 1.29 is 10.2 Å². The van der Waals surface area contributed by atoms with Gasteiger partial charge in [0.05, 0.1) is 12.2 Å². The van der Waals surface area contributed by atoms with Gasteiger partial charge in [-0.25, -0.2) is 0 Å². The topological polar surface area (TPSA) is 40.5 Å². The van der Waals surface area contributed by atoms with Crippen molar-refractivity contribution in [2.24, 2.45) is 98.6 Å². The van der Waals surface area contributed by atoms with Gasteiger partial charge in [-0.15, -0.1) is 0 Å². The summed E-state index contributed by atoms with van der Waals surface area (Å²) in [5.41, 5.74) is 5.19. The highest BCUT2D eigenvalue weighted by molar-refractivity contribution is 5.27. The number of allylic oxidation sites excluding steroid dienone is 2. The molecule has 0 spiro atoms. The van der Waals surface area contributed by atoms with Crippen LogP contribution in [-0.4, -0.2) is 22.4 Å². The Balaban J connectivity index is 0.000000177. The highest BCUT2D eigenvalue weighted by atomic mass is 16.3. The van der Waals surface area contributed by atoms with Crippen LogP contribution in [0.4, 0.5) is 0 Å². The highest BCUT2D eigenvalue weighted by Gasteiger charge is 2.60. The summed E-state index contributed by atoms with van der Waals surface area (Å²) in [5, 5.41) is 20.5. The van der Waals surface area contributed by atoms with Gasteiger partial charge in [0.15, 0.2) is 0 Å². The number of aliphatic hydroxyl groups is 2. The van der Waals surface area contributed by atoms with Gasteiger partial charge in [0.1, 0.15) is 0 Å². The second-order valence-electron chi connectivity index (χ2n) is 25.0. The van der Waals surface area contributed by atoms with Crippen molar-refractivity contribution in [3.63, 3.8) is 0 Å². The Morgan fingerprint density at radius 3 is 1.45 bits per heavy atom. The minimum Gasteiger partial charge on any atom is -0.393 e. The van der Waals surface area contributed by atoms with Crippen LogP contribution in [0.2, 0.25) is 0 Å². The molecule has 0 unspecified atom stereocenters. The van der Waals surface area contributed by atoms with Crippen molar-refractivity contribution in [2.75, 3.05) is 0 Å². The lowest BCUT2D eigenvalue weighted by atomic mass is 9.47.